The number of aliphatic hydroxyl groups excluding tert-OH is 1. The van der Waals surface area contributed by atoms with Crippen molar-refractivity contribution in [2.45, 2.75) is 26.4 Å². The van der Waals surface area contributed by atoms with Gasteiger partial charge in [-0.1, -0.05) is 12.1 Å². The Balaban J connectivity index is 2.11. The maximum absolute atomic E-state index is 12.9. The lowest BCUT2D eigenvalue weighted by molar-refractivity contribution is -0.145. The molecule has 0 fully saturated rings. The number of esters is 2. The van der Waals surface area contributed by atoms with E-state index in [9.17, 15) is 19.5 Å². The Labute approximate surface area is 160 Å². The van der Waals surface area contributed by atoms with Gasteiger partial charge in [0.25, 0.3) is 0 Å². The summed E-state index contributed by atoms with van der Waals surface area (Å²) in [5.41, 5.74) is 0.688. The molecule has 0 aliphatic rings. The van der Waals surface area contributed by atoms with E-state index in [0.29, 0.717) is 5.56 Å². The smallest absolute Gasteiger partial charge is 0.338 e. The molecule has 0 bridgehead atoms. The molecule has 28 heavy (non-hydrogen) atoms. The third-order valence-electron chi connectivity index (χ3n) is 4.26. The van der Waals surface area contributed by atoms with Gasteiger partial charge in [0.2, 0.25) is 5.43 Å². The van der Waals surface area contributed by atoms with E-state index in [-0.39, 0.29) is 52.6 Å². The molecule has 1 N–H and O–H groups in total. The zero-order chi connectivity index (χ0) is 20.3. The van der Waals surface area contributed by atoms with E-state index in [0.717, 1.165) is 0 Å². The monoisotopic (exact) mass is 384 g/mol. The van der Waals surface area contributed by atoms with Crippen molar-refractivity contribution in [1.29, 1.82) is 0 Å². The lowest BCUT2D eigenvalue weighted by atomic mass is 10.0. The average molecular weight is 384 g/mol. The first kappa shape index (κ1) is 19.6. The van der Waals surface area contributed by atoms with Gasteiger partial charge in [0.15, 0.2) is 0 Å². The molecular formula is C21H20O7. The average Bonchev–Trinajstić information content (AvgIpc) is 2.68. The second-order valence-electron chi connectivity index (χ2n) is 6.11. The molecule has 3 rings (SSSR count). The Morgan fingerprint density at radius 2 is 1.82 bits per heavy atom. The lowest BCUT2D eigenvalue weighted by Crippen LogP contribution is -2.12. The van der Waals surface area contributed by atoms with Crippen LogP contribution >= 0.6 is 0 Å². The van der Waals surface area contributed by atoms with Crippen LogP contribution in [0.2, 0.25) is 0 Å². The highest BCUT2D eigenvalue weighted by atomic mass is 16.5. The number of ether oxygens (including phenoxy) is 2. The van der Waals surface area contributed by atoms with Gasteiger partial charge in [-0.05, 0) is 38.1 Å². The molecule has 7 nitrogen and oxygen atoms in total. The Kier molecular flexibility index (Phi) is 5.75. The van der Waals surface area contributed by atoms with Crippen LogP contribution in [0.25, 0.3) is 21.9 Å². The van der Waals surface area contributed by atoms with Gasteiger partial charge in [-0.2, -0.15) is 0 Å². The highest BCUT2D eigenvalue weighted by molar-refractivity contribution is 5.97. The molecule has 0 spiro atoms. The number of hydrogen-bond donors (Lipinski definition) is 1. The second-order valence-corrected chi connectivity index (χ2v) is 6.11. The van der Waals surface area contributed by atoms with Crippen molar-refractivity contribution in [3.8, 4) is 0 Å². The SMILES string of the molecule is CCOC(=O)CC(O)c1cccc2c(=O)c3cc(C(=O)OCC)ccc3oc12. The number of benzene rings is 2. The number of carbonyl (C=O) groups excluding carboxylic acids is 2. The molecule has 3 aromatic rings. The molecule has 2 aromatic carbocycles. The summed E-state index contributed by atoms with van der Waals surface area (Å²) in [5.74, 6) is -1.07. The zero-order valence-electron chi connectivity index (χ0n) is 15.6. The van der Waals surface area contributed by atoms with Crippen molar-refractivity contribution in [3.63, 3.8) is 0 Å². The van der Waals surface area contributed by atoms with E-state index in [2.05, 4.69) is 0 Å². The van der Waals surface area contributed by atoms with Crippen molar-refractivity contribution in [2.75, 3.05) is 13.2 Å². The summed E-state index contributed by atoms with van der Waals surface area (Å²) >= 11 is 0. The molecule has 1 heterocycles. The van der Waals surface area contributed by atoms with E-state index < -0.39 is 18.0 Å². The summed E-state index contributed by atoms with van der Waals surface area (Å²) in [7, 11) is 0. The third kappa shape index (κ3) is 3.75. The predicted molar refractivity (Wildman–Crippen MR) is 102 cm³/mol. The normalized spacial score (nSPS) is 12.1. The minimum atomic E-state index is -1.18. The van der Waals surface area contributed by atoms with Crippen LogP contribution in [0.4, 0.5) is 0 Å². The number of fused-ring (bicyclic) bond motifs is 2. The number of hydrogen-bond acceptors (Lipinski definition) is 7. The van der Waals surface area contributed by atoms with Gasteiger partial charge in [-0.15, -0.1) is 0 Å². The number of aliphatic hydroxyl groups is 1. The van der Waals surface area contributed by atoms with Crippen LogP contribution < -0.4 is 5.43 Å². The van der Waals surface area contributed by atoms with Crippen molar-refractivity contribution >= 4 is 33.9 Å². The van der Waals surface area contributed by atoms with E-state index in [1.54, 1.807) is 32.0 Å². The molecule has 0 radical (unpaired) electrons. The van der Waals surface area contributed by atoms with Gasteiger partial charge < -0.3 is 19.0 Å². The molecule has 7 heteroatoms. The first-order valence-corrected chi connectivity index (χ1v) is 8.96. The lowest BCUT2D eigenvalue weighted by Gasteiger charge is -2.13. The predicted octanol–water partition coefficient (Wildman–Crippen LogP) is 3.11. The van der Waals surface area contributed by atoms with E-state index in [4.69, 9.17) is 13.9 Å². The summed E-state index contributed by atoms with van der Waals surface area (Å²) in [6.45, 7) is 3.82. The van der Waals surface area contributed by atoms with Crippen LogP contribution in [-0.2, 0) is 14.3 Å². The molecule has 0 saturated heterocycles. The number of carbonyl (C=O) groups is 2. The molecule has 0 saturated carbocycles. The number of para-hydroxylation sites is 1. The van der Waals surface area contributed by atoms with E-state index in [1.807, 2.05) is 0 Å². The third-order valence-corrected chi connectivity index (χ3v) is 4.26. The molecule has 0 aliphatic heterocycles. The fourth-order valence-electron chi connectivity index (χ4n) is 2.99. The van der Waals surface area contributed by atoms with Crippen molar-refractivity contribution in [3.05, 3.63) is 57.7 Å². The van der Waals surface area contributed by atoms with E-state index >= 15 is 0 Å². The highest BCUT2D eigenvalue weighted by Crippen LogP contribution is 2.28. The van der Waals surface area contributed by atoms with Crippen molar-refractivity contribution < 1.29 is 28.6 Å². The van der Waals surface area contributed by atoms with Crippen LogP contribution in [0.1, 0.15) is 42.3 Å². The van der Waals surface area contributed by atoms with Gasteiger partial charge in [-0.3, -0.25) is 9.59 Å². The maximum atomic E-state index is 12.9. The summed E-state index contributed by atoms with van der Waals surface area (Å²) in [4.78, 5) is 36.5. The zero-order valence-corrected chi connectivity index (χ0v) is 15.6. The molecule has 146 valence electrons. The van der Waals surface area contributed by atoms with Crippen LogP contribution in [0.3, 0.4) is 0 Å². The molecule has 1 aromatic heterocycles. The van der Waals surface area contributed by atoms with Crippen LogP contribution in [0, 0.1) is 0 Å². The van der Waals surface area contributed by atoms with Gasteiger partial charge >= 0.3 is 11.9 Å². The molecule has 1 unspecified atom stereocenters. The highest BCUT2D eigenvalue weighted by Gasteiger charge is 2.20. The Hall–Kier alpha value is -3.19. The van der Waals surface area contributed by atoms with Crippen LogP contribution in [0.15, 0.2) is 45.6 Å². The first-order valence-electron chi connectivity index (χ1n) is 8.96. The minimum absolute atomic E-state index is 0.195. The summed E-state index contributed by atoms with van der Waals surface area (Å²) in [5, 5.41) is 10.9. The molecule has 0 aliphatic carbocycles. The fraction of sp³-hybridized carbons (Fsp3) is 0.286. The second kappa shape index (κ2) is 8.22. The Morgan fingerprint density at radius 1 is 1.07 bits per heavy atom. The van der Waals surface area contributed by atoms with Gasteiger partial charge in [0, 0.05) is 5.56 Å². The summed E-state index contributed by atoms with van der Waals surface area (Å²) in [6, 6.07) is 9.21. The van der Waals surface area contributed by atoms with Gasteiger partial charge in [0.05, 0.1) is 42.1 Å². The largest absolute Gasteiger partial charge is 0.466 e. The van der Waals surface area contributed by atoms with Gasteiger partial charge in [0.1, 0.15) is 11.2 Å². The Morgan fingerprint density at radius 3 is 2.54 bits per heavy atom. The van der Waals surface area contributed by atoms with Crippen molar-refractivity contribution in [1.82, 2.24) is 0 Å². The maximum Gasteiger partial charge on any atom is 0.338 e. The number of rotatable bonds is 6. The quantitative estimate of drug-likeness (QED) is 0.514. The summed E-state index contributed by atoms with van der Waals surface area (Å²) in [6.07, 6.45) is -1.43. The molecule has 0 amide bonds. The van der Waals surface area contributed by atoms with Gasteiger partial charge in [-0.25, -0.2) is 4.79 Å². The standard InChI is InChI=1S/C21H20O7/c1-3-26-18(23)11-16(22)13-6-5-7-14-19(24)15-10-12(21(25)27-4-2)8-9-17(15)28-20(13)14/h5-10,16,22H,3-4,11H2,1-2H3. The Bertz CT molecular complexity index is 1100. The first-order chi connectivity index (χ1) is 13.5. The topological polar surface area (TPSA) is 103 Å². The van der Waals surface area contributed by atoms with Crippen LogP contribution in [-0.4, -0.2) is 30.3 Å². The minimum Gasteiger partial charge on any atom is -0.466 e. The fourth-order valence-corrected chi connectivity index (χ4v) is 2.99. The molecule has 1 atom stereocenters. The van der Waals surface area contributed by atoms with Crippen molar-refractivity contribution in [2.24, 2.45) is 0 Å². The van der Waals surface area contributed by atoms with E-state index in [1.165, 1.54) is 18.2 Å². The summed E-state index contributed by atoms with van der Waals surface area (Å²) < 4.78 is 15.7. The van der Waals surface area contributed by atoms with Crippen LogP contribution in [0.5, 0.6) is 0 Å². The molecular weight excluding hydrogens is 364 g/mol.